The highest BCUT2D eigenvalue weighted by Gasteiger charge is 2.31. The van der Waals surface area contributed by atoms with Gasteiger partial charge in [0.25, 0.3) is 0 Å². The van der Waals surface area contributed by atoms with Gasteiger partial charge in [-0.1, -0.05) is 40.5 Å². The fourth-order valence-corrected chi connectivity index (χ4v) is 2.96. The molecule has 0 saturated heterocycles. The van der Waals surface area contributed by atoms with Crippen LogP contribution in [0.3, 0.4) is 0 Å². The predicted octanol–water partition coefficient (Wildman–Crippen LogP) is 4.36. The summed E-state index contributed by atoms with van der Waals surface area (Å²) in [5, 5.41) is 2.86. The Kier molecular flexibility index (Phi) is 7.25. The van der Waals surface area contributed by atoms with Crippen molar-refractivity contribution in [1.82, 2.24) is 5.32 Å². The third-order valence-corrected chi connectivity index (χ3v) is 4.02. The van der Waals surface area contributed by atoms with Crippen LogP contribution in [0.25, 0.3) is 0 Å². The molecular formula is C16H31NO2. The first-order valence-corrected chi connectivity index (χ1v) is 7.97. The van der Waals surface area contributed by atoms with Crippen molar-refractivity contribution >= 4 is 6.09 Å². The van der Waals surface area contributed by atoms with Gasteiger partial charge in [-0.3, -0.25) is 0 Å². The second-order valence-corrected chi connectivity index (χ2v) is 6.53. The van der Waals surface area contributed by atoms with E-state index in [4.69, 9.17) is 4.74 Å². The van der Waals surface area contributed by atoms with Crippen molar-refractivity contribution in [3.8, 4) is 0 Å². The largest absolute Gasteiger partial charge is 0.446 e. The Morgan fingerprint density at radius 1 is 1.37 bits per heavy atom. The van der Waals surface area contributed by atoms with Gasteiger partial charge in [0.15, 0.2) is 0 Å². The molecule has 3 unspecified atom stereocenters. The summed E-state index contributed by atoms with van der Waals surface area (Å²) in [6.45, 7) is 9.60. The zero-order valence-electron chi connectivity index (χ0n) is 13.1. The Morgan fingerprint density at radius 3 is 2.74 bits per heavy atom. The van der Waals surface area contributed by atoms with Gasteiger partial charge in [-0.05, 0) is 43.4 Å². The van der Waals surface area contributed by atoms with Gasteiger partial charge in [-0.15, -0.1) is 0 Å². The number of ether oxygens (including phenoxy) is 1. The summed E-state index contributed by atoms with van der Waals surface area (Å²) in [7, 11) is 0. The highest BCUT2D eigenvalue weighted by Crippen LogP contribution is 2.34. The molecule has 1 fully saturated rings. The molecule has 112 valence electrons. The predicted molar refractivity (Wildman–Crippen MR) is 79.1 cm³/mol. The maximum atomic E-state index is 11.8. The summed E-state index contributed by atoms with van der Waals surface area (Å²) < 4.78 is 5.67. The molecule has 1 aliphatic rings. The van der Waals surface area contributed by atoms with Crippen molar-refractivity contribution < 1.29 is 9.53 Å². The van der Waals surface area contributed by atoms with Crippen molar-refractivity contribution in [2.24, 2.45) is 17.8 Å². The topological polar surface area (TPSA) is 38.3 Å². The minimum Gasteiger partial charge on any atom is -0.446 e. The lowest BCUT2D eigenvalue weighted by molar-refractivity contribution is 0.0156. The zero-order valence-corrected chi connectivity index (χ0v) is 13.1. The average Bonchev–Trinajstić information content (AvgIpc) is 2.32. The second-order valence-electron chi connectivity index (χ2n) is 6.53. The first kappa shape index (κ1) is 16.3. The van der Waals surface area contributed by atoms with Crippen LogP contribution in [0.5, 0.6) is 0 Å². The lowest BCUT2D eigenvalue weighted by Gasteiger charge is -2.35. The van der Waals surface area contributed by atoms with E-state index in [-0.39, 0.29) is 12.2 Å². The molecule has 3 atom stereocenters. The monoisotopic (exact) mass is 269 g/mol. The van der Waals surface area contributed by atoms with Gasteiger partial charge in [0, 0.05) is 6.54 Å². The third-order valence-electron chi connectivity index (χ3n) is 4.02. The fourth-order valence-electron chi connectivity index (χ4n) is 2.96. The van der Waals surface area contributed by atoms with Crippen molar-refractivity contribution in [3.63, 3.8) is 0 Å². The molecule has 1 saturated carbocycles. The molecule has 0 aromatic carbocycles. The molecule has 0 spiro atoms. The third kappa shape index (κ3) is 6.31. The minimum atomic E-state index is -0.221. The Labute approximate surface area is 118 Å². The summed E-state index contributed by atoms with van der Waals surface area (Å²) in [6, 6.07) is 0. The lowest BCUT2D eigenvalue weighted by Crippen LogP contribution is -2.37. The Morgan fingerprint density at radius 2 is 2.11 bits per heavy atom. The molecule has 0 aromatic rings. The van der Waals surface area contributed by atoms with Crippen LogP contribution in [0, 0.1) is 17.8 Å². The molecular weight excluding hydrogens is 238 g/mol. The van der Waals surface area contributed by atoms with Crippen molar-refractivity contribution in [3.05, 3.63) is 0 Å². The number of amides is 1. The smallest absolute Gasteiger partial charge is 0.407 e. The molecule has 19 heavy (non-hydrogen) atoms. The van der Waals surface area contributed by atoms with Crippen LogP contribution in [-0.4, -0.2) is 18.7 Å². The van der Waals surface area contributed by atoms with Crippen LogP contribution >= 0.6 is 0 Å². The number of carbonyl (C=O) groups is 1. The van der Waals surface area contributed by atoms with Gasteiger partial charge in [-0.2, -0.15) is 0 Å². The summed E-state index contributed by atoms with van der Waals surface area (Å²) in [4.78, 5) is 11.8. The molecule has 0 aliphatic heterocycles. The van der Waals surface area contributed by atoms with Gasteiger partial charge in [0.1, 0.15) is 6.10 Å². The van der Waals surface area contributed by atoms with E-state index in [0.29, 0.717) is 17.8 Å². The van der Waals surface area contributed by atoms with E-state index in [1.807, 2.05) is 0 Å². The standard InChI is InChI=1S/C16H31NO2/c1-5-6-9-17-16(18)19-15-11-13(4)7-8-14(15)10-12(2)3/h12-15H,5-11H2,1-4H3,(H,17,18). The van der Waals surface area contributed by atoms with Gasteiger partial charge in [0.05, 0.1) is 0 Å². The number of hydrogen-bond donors (Lipinski definition) is 1. The van der Waals surface area contributed by atoms with E-state index in [9.17, 15) is 4.79 Å². The van der Waals surface area contributed by atoms with Crippen molar-refractivity contribution in [1.29, 1.82) is 0 Å². The number of rotatable bonds is 6. The quantitative estimate of drug-likeness (QED) is 0.727. The van der Waals surface area contributed by atoms with Crippen LogP contribution < -0.4 is 5.32 Å². The number of hydrogen-bond acceptors (Lipinski definition) is 2. The Bertz CT molecular complexity index is 265. The molecule has 3 heteroatoms. The molecule has 1 rings (SSSR count). The van der Waals surface area contributed by atoms with Gasteiger partial charge >= 0.3 is 6.09 Å². The maximum absolute atomic E-state index is 11.8. The van der Waals surface area contributed by atoms with Gasteiger partial charge in [0.2, 0.25) is 0 Å². The van der Waals surface area contributed by atoms with E-state index in [1.165, 1.54) is 19.3 Å². The van der Waals surface area contributed by atoms with E-state index >= 15 is 0 Å². The summed E-state index contributed by atoms with van der Waals surface area (Å²) in [6.07, 6.45) is 6.68. The molecule has 1 amide bonds. The van der Waals surface area contributed by atoms with E-state index in [2.05, 4.69) is 33.0 Å². The molecule has 1 N–H and O–H groups in total. The molecule has 0 bridgehead atoms. The SMILES string of the molecule is CCCCNC(=O)OC1CC(C)CCC1CC(C)C. The Balaban J connectivity index is 2.42. The molecule has 3 nitrogen and oxygen atoms in total. The van der Waals surface area contributed by atoms with Crippen LogP contribution in [0.4, 0.5) is 4.79 Å². The second kappa shape index (κ2) is 8.44. The number of alkyl carbamates (subject to hydrolysis) is 1. The van der Waals surface area contributed by atoms with E-state index in [0.717, 1.165) is 25.8 Å². The average molecular weight is 269 g/mol. The van der Waals surface area contributed by atoms with Crippen LogP contribution in [0.2, 0.25) is 0 Å². The van der Waals surface area contributed by atoms with Gasteiger partial charge < -0.3 is 10.1 Å². The summed E-state index contributed by atoms with van der Waals surface area (Å²) >= 11 is 0. The summed E-state index contributed by atoms with van der Waals surface area (Å²) in [5.41, 5.74) is 0. The lowest BCUT2D eigenvalue weighted by atomic mass is 9.77. The highest BCUT2D eigenvalue weighted by atomic mass is 16.6. The van der Waals surface area contributed by atoms with Crippen LogP contribution in [-0.2, 0) is 4.74 Å². The van der Waals surface area contributed by atoms with Crippen molar-refractivity contribution in [2.45, 2.75) is 72.3 Å². The van der Waals surface area contributed by atoms with Crippen LogP contribution in [0.15, 0.2) is 0 Å². The first-order chi connectivity index (χ1) is 9.02. The highest BCUT2D eigenvalue weighted by molar-refractivity contribution is 5.67. The molecule has 0 aromatic heterocycles. The van der Waals surface area contributed by atoms with Crippen molar-refractivity contribution in [2.75, 3.05) is 6.54 Å². The number of carbonyl (C=O) groups excluding carboxylic acids is 1. The first-order valence-electron chi connectivity index (χ1n) is 7.97. The van der Waals surface area contributed by atoms with E-state index < -0.39 is 0 Å². The molecule has 0 heterocycles. The summed E-state index contributed by atoms with van der Waals surface area (Å²) in [5.74, 6) is 1.90. The minimum absolute atomic E-state index is 0.118. The Hall–Kier alpha value is -0.730. The van der Waals surface area contributed by atoms with E-state index in [1.54, 1.807) is 0 Å². The normalized spacial score (nSPS) is 27.3. The van der Waals surface area contributed by atoms with Gasteiger partial charge in [-0.25, -0.2) is 4.79 Å². The zero-order chi connectivity index (χ0) is 14.3. The fraction of sp³-hybridized carbons (Fsp3) is 0.938. The maximum Gasteiger partial charge on any atom is 0.407 e. The molecule has 1 aliphatic carbocycles. The number of unbranched alkanes of at least 4 members (excludes halogenated alkanes) is 1. The number of nitrogens with one attached hydrogen (secondary N) is 1. The molecule has 0 radical (unpaired) electrons. The van der Waals surface area contributed by atoms with Crippen LogP contribution in [0.1, 0.15) is 66.2 Å².